The molecule has 1 atom stereocenters. The van der Waals surface area contributed by atoms with Gasteiger partial charge in [0, 0.05) is 23.0 Å². The molecule has 0 radical (unpaired) electrons. The lowest BCUT2D eigenvalue weighted by atomic mass is 10.1. The molecular weight excluding hydrogens is 497 g/mol. The Morgan fingerprint density at radius 3 is 2.86 bits per heavy atom. The van der Waals surface area contributed by atoms with Crippen LogP contribution in [0.2, 0.25) is 0 Å². The van der Waals surface area contributed by atoms with E-state index >= 15 is 0 Å². The normalized spacial score (nSPS) is 15.9. The summed E-state index contributed by atoms with van der Waals surface area (Å²) in [6.07, 6.45) is 4.40. The highest BCUT2D eigenvalue weighted by molar-refractivity contribution is 14.1. The number of ether oxygens (including phenoxy) is 1. The molecule has 1 aliphatic rings. The number of nitrogens with zero attached hydrogens (tertiary/aromatic N) is 5. The van der Waals surface area contributed by atoms with Crippen LogP contribution in [0.5, 0.6) is 6.01 Å². The SMILES string of the molecule is Cn1c(OCC2(C#N)CC2)ncc(-c2nc3ccc(I)cn3c2S(=O)[O-])c1=O. The molecule has 0 N–H and O–H groups in total. The fraction of sp³-hybridized carbons (Fsp3) is 0.294. The first-order valence-electron chi connectivity index (χ1n) is 8.22. The van der Waals surface area contributed by atoms with Crippen LogP contribution in [0.25, 0.3) is 16.9 Å². The smallest absolute Gasteiger partial charge is 0.298 e. The second kappa shape index (κ2) is 6.94. The second-order valence-corrected chi connectivity index (χ2v) is 8.68. The van der Waals surface area contributed by atoms with E-state index in [0.717, 1.165) is 16.4 Å². The van der Waals surface area contributed by atoms with Crippen LogP contribution in [0.1, 0.15) is 12.8 Å². The van der Waals surface area contributed by atoms with Crippen LogP contribution in [0, 0.1) is 20.3 Å². The van der Waals surface area contributed by atoms with Gasteiger partial charge in [0.05, 0.1) is 17.0 Å². The first-order valence-corrected chi connectivity index (χ1v) is 10.4. The van der Waals surface area contributed by atoms with Gasteiger partial charge in [-0.3, -0.25) is 18.0 Å². The first kappa shape index (κ1) is 19.0. The van der Waals surface area contributed by atoms with Gasteiger partial charge in [-0.15, -0.1) is 0 Å². The summed E-state index contributed by atoms with van der Waals surface area (Å²) in [5, 5.41) is 9.03. The molecule has 144 valence electrons. The molecule has 3 heterocycles. The Morgan fingerprint density at radius 1 is 1.46 bits per heavy atom. The molecule has 0 bridgehead atoms. The van der Waals surface area contributed by atoms with Gasteiger partial charge in [0.25, 0.3) is 11.6 Å². The number of hydrogen-bond acceptors (Lipinski definition) is 7. The second-order valence-electron chi connectivity index (χ2n) is 6.58. The molecule has 0 amide bonds. The summed E-state index contributed by atoms with van der Waals surface area (Å²) in [6.45, 7) is 0.158. The molecule has 3 aromatic rings. The Hall–Kier alpha value is -2.30. The maximum atomic E-state index is 12.8. The van der Waals surface area contributed by atoms with Crippen molar-refractivity contribution in [1.29, 1.82) is 5.26 Å². The summed E-state index contributed by atoms with van der Waals surface area (Å²) in [6, 6.07) is 5.75. The molecule has 1 saturated carbocycles. The topological polar surface area (TPSA) is 125 Å². The largest absolute Gasteiger partial charge is 0.767 e. The number of fused-ring (bicyclic) bond motifs is 1. The summed E-state index contributed by atoms with van der Waals surface area (Å²) in [5.41, 5.74) is -0.500. The molecule has 1 fully saturated rings. The van der Waals surface area contributed by atoms with E-state index < -0.39 is 22.1 Å². The Balaban J connectivity index is 1.79. The van der Waals surface area contributed by atoms with E-state index in [0.29, 0.717) is 5.65 Å². The van der Waals surface area contributed by atoms with E-state index in [4.69, 9.17) is 10.00 Å². The third kappa shape index (κ3) is 3.21. The monoisotopic (exact) mass is 510 g/mol. The van der Waals surface area contributed by atoms with Crippen LogP contribution in [-0.4, -0.2) is 34.3 Å². The number of imidazole rings is 1. The number of nitriles is 1. The highest BCUT2D eigenvalue weighted by Crippen LogP contribution is 2.44. The third-order valence-corrected chi connectivity index (χ3v) is 5.99. The molecule has 0 saturated heterocycles. The predicted molar refractivity (Wildman–Crippen MR) is 106 cm³/mol. The molecular formula is C17H13IN5O4S-. The van der Waals surface area contributed by atoms with Crippen molar-refractivity contribution in [3.63, 3.8) is 0 Å². The van der Waals surface area contributed by atoms with Crippen LogP contribution >= 0.6 is 22.6 Å². The Bertz CT molecular complexity index is 1220. The van der Waals surface area contributed by atoms with Gasteiger partial charge in [0.15, 0.2) is 0 Å². The Kier molecular flexibility index (Phi) is 4.72. The number of aromatic nitrogens is 4. The quantitative estimate of drug-likeness (QED) is 0.377. The first-order chi connectivity index (χ1) is 13.3. The van der Waals surface area contributed by atoms with Crippen LogP contribution in [0.3, 0.4) is 0 Å². The number of pyridine rings is 1. The van der Waals surface area contributed by atoms with E-state index in [1.54, 1.807) is 18.3 Å². The van der Waals surface area contributed by atoms with Gasteiger partial charge < -0.3 is 9.29 Å². The zero-order valence-corrected chi connectivity index (χ0v) is 17.6. The van der Waals surface area contributed by atoms with Gasteiger partial charge in [-0.2, -0.15) is 5.26 Å². The lowest BCUT2D eigenvalue weighted by Crippen LogP contribution is -2.24. The van der Waals surface area contributed by atoms with E-state index in [2.05, 4.69) is 38.6 Å². The Labute approximate surface area is 175 Å². The lowest BCUT2D eigenvalue weighted by Gasteiger charge is -2.12. The van der Waals surface area contributed by atoms with Crippen molar-refractivity contribution in [3.8, 4) is 23.3 Å². The molecule has 4 rings (SSSR count). The molecule has 3 aromatic heterocycles. The minimum Gasteiger partial charge on any atom is -0.767 e. The third-order valence-electron chi connectivity index (χ3n) is 4.65. The molecule has 1 unspecified atom stereocenters. The summed E-state index contributed by atoms with van der Waals surface area (Å²) in [7, 11) is 1.48. The Morgan fingerprint density at radius 2 is 2.21 bits per heavy atom. The van der Waals surface area contributed by atoms with E-state index in [-0.39, 0.29) is 28.9 Å². The van der Waals surface area contributed by atoms with Gasteiger partial charge in [-0.1, -0.05) is 0 Å². The number of rotatable bonds is 5. The van der Waals surface area contributed by atoms with Crippen molar-refractivity contribution in [3.05, 3.63) is 38.5 Å². The maximum Gasteiger partial charge on any atom is 0.298 e. The van der Waals surface area contributed by atoms with Crippen LogP contribution < -0.4 is 10.3 Å². The maximum absolute atomic E-state index is 12.8. The van der Waals surface area contributed by atoms with Crippen molar-refractivity contribution < 1.29 is 13.5 Å². The minimum atomic E-state index is -2.62. The van der Waals surface area contributed by atoms with Crippen molar-refractivity contribution in [2.75, 3.05) is 6.61 Å². The van der Waals surface area contributed by atoms with Gasteiger partial charge in [-0.05, 0) is 58.6 Å². The lowest BCUT2D eigenvalue weighted by molar-refractivity contribution is 0.237. The van der Waals surface area contributed by atoms with Crippen LogP contribution in [0.4, 0.5) is 0 Å². The summed E-state index contributed by atoms with van der Waals surface area (Å²) in [4.78, 5) is 21.3. The molecule has 28 heavy (non-hydrogen) atoms. The average Bonchev–Trinajstić information content (AvgIpc) is 3.35. The number of halogens is 1. The van der Waals surface area contributed by atoms with Gasteiger partial charge >= 0.3 is 0 Å². The zero-order valence-electron chi connectivity index (χ0n) is 14.6. The van der Waals surface area contributed by atoms with Gasteiger partial charge in [0.2, 0.25) is 0 Å². The van der Waals surface area contributed by atoms with Gasteiger partial charge in [0.1, 0.15) is 23.0 Å². The van der Waals surface area contributed by atoms with Crippen molar-refractivity contribution in [1.82, 2.24) is 18.9 Å². The summed E-state index contributed by atoms with van der Waals surface area (Å²) >= 11 is -0.553. The molecule has 11 heteroatoms. The van der Waals surface area contributed by atoms with E-state index in [9.17, 15) is 13.6 Å². The van der Waals surface area contributed by atoms with Crippen LogP contribution in [-0.2, 0) is 18.1 Å². The average molecular weight is 510 g/mol. The van der Waals surface area contributed by atoms with E-state index in [1.165, 1.54) is 22.2 Å². The predicted octanol–water partition coefficient (Wildman–Crippen LogP) is 1.62. The highest BCUT2D eigenvalue weighted by Gasteiger charge is 2.44. The van der Waals surface area contributed by atoms with Crippen molar-refractivity contribution >= 4 is 39.3 Å². The number of hydrogen-bond donors (Lipinski definition) is 0. The van der Waals surface area contributed by atoms with Gasteiger partial charge in [-0.25, -0.2) is 9.97 Å². The molecule has 9 nitrogen and oxygen atoms in total. The molecule has 0 aliphatic heterocycles. The zero-order chi connectivity index (χ0) is 20.1. The highest BCUT2D eigenvalue weighted by atomic mass is 127. The van der Waals surface area contributed by atoms with E-state index in [1.807, 2.05) is 0 Å². The standard InChI is InChI=1S/C17H14IN5O4S/c1-22-14(24)11(6-20-16(22)27-9-17(8-19)4-5-17)13-15(28(25)26)23-7-10(18)2-3-12(23)21-13/h2-3,6-7H,4-5,9H2,1H3,(H,25,26)/p-1. The van der Waals surface area contributed by atoms with Crippen molar-refractivity contribution in [2.24, 2.45) is 12.5 Å². The minimum absolute atomic E-state index is 0.0330. The molecule has 1 aliphatic carbocycles. The fourth-order valence-corrected chi connectivity index (χ4v) is 3.88. The van der Waals surface area contributed by atoms with Crippen molar-refractivity contribution in [2.45, 2.75) is 17.9 Å². The summed E-state index contributed by atoms with van der Waals surface area (Å²) < 4.78 is 32.7. The molecule has 0 spiro atoms. The molecule has 0 aromatic carbocycles. The van der Waals surface area contributed by atoms with Crippen LogP contribution in [0.15, 0.2) is 34.3 Å². The summed E-state index contributed by atoms with van der Waals surface area (Å²) in [5.74, 6) is 0. The fourth-order valence-electron chi connectivity index (χ4n) is 2.80.